The molecule has 1 N–H and O–H groups in total. The van der Waals surface area contributed by atoms with Crippen molar-refractivity contribution >= 4 is 0 Å². The number of hydrogen-bond donors (Lipinski definition) is 1. The Balaban J connectivity index is 2.14. The van der Waals surface area contributed by atoms with E-state index < -0.39 is 0 Å². The molecule has 0 aliphatic rings. The first-order chi connectivity index (χ1) is 8.61. The molecule has 0 spiro atoms. The minimum atomic E-state index is -0.380. The van der Waals surface area contributed by atoms with Crippen molar-refractivity contribution in [3.05, 3.63) is 36.2 Å². The van der Waals surface area contributed by atoms with Crippen LogP contribution in [0.3, 0.4) is 0 Å². The lowest BCUT2D eigenvalue weighted by atomic mass is 10.1. The highest BCUT2D eigenvalue weighted by Gasteiger charge is 2.10. The summed E-state index contributed by atoms with van der Waals surface area (Å²) in [6, 6.07) is 2.25. The third kappa shape index (κ3) is 2.61. The average Bonchev–Trinajstić information content (AvgIpc) is 2.97. The lowest BCUT2D eigenvalue weighted by Crippen LogP contribution is -2.11. The molecule has 5 nitrogen and oxygen atoms in total. The first-order valence-corrected chi connectivity index (χ1v) is 6.34. The predicted octanol–water partition coefficient (Wildman–Crippen LogP) is 2.15. The maximum Gasteiger partial charge on any atom is 0.147 e. The van der Waals surface area contributed by atoms with Crippen molar-refractivity contribution in [2.24, 2.45) is 0 Å². The first-order valence-electron chi connectivity index (χ1n) is 6.34. The van der Waals surface area contributed by atoms with Crippen molar-refractivity contribution in [2.45, 2.75) is 45.9 Å². The zero-order valence-corrected chi connectivity index (χ0v) is 11.1. The lowest BCUT2D eigenvalue weighted by Gasteiger charge is -2.10. The lowest BCUT2D eigenvalue weighted by molar-refractivity contribution is 0.173. The van der Waals surface area contributed by atoms with Gasteiger partial charge < -0.3 is 9.67 Å². The minimum Gasteiger partial charge on any atom is -0.388 e. The van der Waals surface area contributed by atoms with Crippen LogP contribution in [0, 0.1) is 0 Å². The molecule has 18 heavy (non-hydrogen) atoms. The highest BCUT2D eigenvalue weighted by Crippen LogP contribution is 2.17. The average molecular weight is 248 g/mol. The fourth-order valence-electron chi connectivity index (χ4n) is 1.97. The summed E-state index contributed by atoms with van der Waals surface area (Å²) < 4.78 is 3.94. The molecular weight excluding hydrogens is 228 g/mol. The van der Waals surface area contributed by atoms with Crippen LogP contribution in [-0.4, -0.2) is 24.4 Å². The molecule has 1 unspecified atom stereocenters. The van der Waals surface area contributed by atoms with Gasteiger partial charge in [0.25, 0.3) is 0 Å². The van der Waals surface area contributed by atoms with E-state index in [1.54, 1.807) is 6.33 Å². The highest BCUT2D eigenvalue weighted by molar-refractivity contribution is 5.14. The van der Waals surface area contributed by atoms with Gasteiger partial charge in [-0.3, -0.25) is 0 Å². The van der Waals surface area contributed by atoms with Gasteiger partial charge in [-0.1, -0.05) is 6.92 Å². The second-order valence-corrected chi connectivity index (χ2v) is 4.76. The molecule has 0 bridgehead atoms. The molecule has 2 rings (SSSR count). The molecule has 0 aromatic carbocycles. The summed E-state index contributed by atoms with van der Waals surface area (Å²) in [5.41, 5.74) is 0.952. The summed E-state index contributed by atoms with van der Waals surface area (Å²) in [7, 11) is 0. The molecule has 0 aliphatic carbocycles. The third-order valence-electron chi connectivity index (χ3n) is 3.01. The van der Waals surface area contributed by atoms with E-state index in [2.05, 4.69) is 23.9 Å². The van der Waals surface area contributed by atoms with Gasteiger partial charge in [-0.05, 0) is 31.9 Å². The molecule has 0 amide bonds. The SMILES string of the molecule is CCC(O)c1ccn(Cc2ncnn2C(C)C)c1. The van der Waals surface area contributed by atoms with E-state index in [4.69, 9.17) is 0 Å². The molecule has 0 radical (unpaired) electrons. The van der Waals surface area contributed by atoms with Crippen LogP contribution in [0.4, 0.5) is 0 Å². The smallest absolute Gasteiger partial charge is 0.147 e. The van der Waals surface area contributed by atoms with Crippen molar-refractivity contribution in [3.8, 4) is 0 Å². The summed E-state index contributed by atoms with van der Waals surface area (Å²) >= 11 is 0. The van der Waals surface area contributed by atoms with Gasteiger partial charge in [0.05, 0.1) is 12.6 Å². The van der Waals surface area contributed by atoms with Crippen LogP contribution in [0.5, 0.6) is 0 Å². The number of nitrogens with zero attached hydrogens (tertiary/aromatic N) is 4. The van der Waals surface area contributed by atoms with Crippen LogP contribution in [0.2, 0.25) is 0 Å². The molecule has 0 fully saturated rings. The van der Waals surface area contributed by atoms with Gasteiger partial charge in [-0.15, -0.1) is 0 Å². The number of aliphatic hydroxyl groups is 1. The Labute approximate surface area is 107 Å². The number of rotatable bonds is 5. The third-order valence-corrected chi connectivity index (χ3v) is 3.01. The quantitative estimate of drug-likeness (QED) is 0.882. The van der Waals surface area contributed by atoms with Crippen molar-refractivity contribution in [3.63, 3.8) is 0 Å². The van der Waals surface area contributed by atoms with Crippen LogP contribution >= 0.6 is 0 Å². The number of aliphatic hydroxyl groups excluding tert-OH is 1. The van der Waals surface area contributed by atoms with Crippen LogP contribution < -0.4 is 0 Å². The van der Waals surface area contributed by atoms with Gasteiger partial charge >= 0.3 is 0 Å². The summed E-state index contributed by atoms with van der Waals surface area (Å²) in [6.07, 6.45) is 5.86. The fourth-order valence-corrected chi connectivity index (χ4v) is 1.97. The van der Waals surface area contributed by atoms with Gasteiger partial charge in [-0.25, -0.2) is 9.67 Å². The number of hydrogen-bond acceptors (Lipinski definition) is 3. The molecule has 98 valence electrons. The van der Waals surface area contributed by atoms with Crippen LogP contribution in [0.25, 0.3) is 0 Å². The second kappa shape index (κ2) is 5.35. The fraction of sp³-hybridized carbons (Fsp3) is 0.538. The van der Waals surface area contributed by atoms with E-state index in [1.807, 2.05) is 34.6 Å². The van der Waals surface area contributed by atoms with E-state index in [0.717, 1.165) is 17.8 Å². The predicted molar refractivity (Wildman–Crippen MR) is 69.2 cm³/mol. The van der Waals surface area contributed by atoms with Crippen LogP contribution in [0.1, 0.15) is 50.7 Å². The van der Waals surface area contributed by atoms with E-state index in [1.165, 1.54) is 0 Å². The van der Waals surface area contributed by atoms with E-state index >= 15 is 0 Å². The van der Waals surface area contributed by atoms with E-state index in [-0.39, 0.29) is 6.10 Å². The monoisotopic (exact) mass is 248 g/mol. The molecule has 5 heteroatoms. The Bertz CT molecular complexity index is 501. The maximum absolute atomic E-state index is 9.76. The zero-order chi connectivity index (χ0) is 13.1. The summed E-state index contributed by atoms with van der Waals surface area (Å²) in [5.74, 6) is 0.929. The van der Waals surface area contributed by atoms with Gasteiger partial charge in [0, 0.05) is 18.4 Å². The topological polar surface area (TPSA) is 55.9 Å². The number of aromatic nitrogens is 4. The Morgan fingerprint density at radius 1 is 1.39 bits per heavy atom. The normalized spacial score (nSPS) is 13.2. The van der Waals surface area contributed by atoms with Crippen molar-refractivity contribution in [2.75, 3.05) is 0 Å². The highest BCUT2D eigenvalue weighted by atomic mass is 16.3. The molecule has 2 aromatic heterocycles. The second-order valence-electron chi connectivity index (χ2n) is 4.76. The molecule has 0 aliphatic heterocycles. The minimum absolute atomic E-state index is 0.304. The molecular formula is C13H20N4O. The molecule has 2 aromatic rings. The van der Waals surface area contributed by atoms with Gasteiger partial charge in [0.15, 0.2) is 0 Å². The van der Waals surface area contributed by atoms with Gasteiger partial charge in [0.2, 0.25) is 0 Å². The van der Waals surface area contributed by atoms with Gasteiger partial charge in [-0.2, -0.15) is 5.10 Å². The maximum atomic E-state index is 9.76. The van der Waals surface area contributed by atoms with Crippen LogP contribution in [0.15, 0.2) is 24.8 Å². The summed E-state index contributed by atoms with van der Waals surface area (Å²) in [6.45, 7) is 6.81. The molecule has 2 heterocycles. The van der Waals surface area contributed by atoms with Crippen molar-refractivity contribution < 1.29 is 5.11 Å². The molecule has 1 atom stereocenters. The van der Waals surface area contributed by atoms with E-state index in [9.17, 15) is 5.11 Å². The first kappa shape index (κ1) is 12.8. The Kier molecular flexibility index (Phi) is 3.81. The molecule has 0 saturated heterocycles. The standard InChI is InChI=1S/C13H20N4O/c1-4-12(18)11-5-6-16(7-11)8-13-14-9-15-17(13)10(2)3/h5-7,9-10,12,18H,4,8H2,1-3H3. The van der Waals surface area contributed by atoms with Gasteiger partial charge in [0.1, 0.15) is 12.2 Å². The Hall–Kier alpha value is -1.62. The van der Waals surface area contributed by atoms with Crippen molar-refractivity contribution in [1.29, 1.82) is 0 Å². The Morgan fingerprint density at radius 3 is 2.83 bits per heavy atom. The van der Waals surface area contributed by atoms with E-state index in [0.29, 0.717) is 12.6 Å². The summed E-state index contributed by atoms with van der Waals surface area (Å²) in [4.78, 5) is 4.28. The zero-order valence-electron chi connectivity index (χ0n) is 11.1. The molecule has 0 saturated carbocycles. The Morgan fingerprint density at radius 2 is 2.17 bits per heavy atom. The summed E-state index contributed by atoms with van der Waals surface area (Å²) in [5, 5.41) is 14.0. The van der Waals surface area contributed by atoms with Crippen LogP contribution in [-0.2, 0) is 6.54 Å². The van der Waals surface area contributed by atoms with Crippen molar-refractivity contribution in [1.82, 2.24) is 19.3 Å². The largest absolute Gasteiger partial charge is 0.388 e.